The molecule has 0 aliphatic carbocycles. The Bertz CT molecular complexity index is 173. The quantitative estimate of drug-likeness (QED) is 0.680. The van der Waals surface area contributed by atoms with E-state index in [1.54, 1.807) is 0 Å². The molecule has 0 bridgehead atoms. The van der Waals surface area contributed by atoms with Crippen LogP contribution in [0.5, 0.6) is 0 Å². The summed E-state index contributed by atoms with van der Waals surface area (Å²) in [5, 5.41) is 3.34. The molecule has 1 aliphatic rings. The van der Waals surface area contributed by atoms with Gasteiger partial charge in [-0.1, -0.05) is 6.92 Å². The summed E-state index contributed by atoms with van der Waals surface area (Å²) in [4.78, 5) is 2.50. The van der Waals surface area contributed by atoms with Gasteiger partial charge in [0.15, 0.2) is 0 Å². The van der Waals surface area contributed by atoms with Crippen LogP contribution in [0.25, 0.3) is 0 Å². The minimum atomic E-state index is 0.602. The average molecular weight is 183 g/mol. The fraction of sp³-hybridized carbons (Fsp3) is 0.800. The number of nitrogens with two attached hydrogens (primary N) is 1. The van der Waals surface area contributed by atoms with E-state index in [2.05, 4.69) is 17.1 Å². The highest BCUT2D eigenvalue weighted by Crippen LogP contribution is 2.09. The third kappa shape index (κ3) is 3.68. The molecule has 76 valence electrons. The molecule has 0 spiro atoms. The lowest BCUT2D eigenvalue weighted by Crippen LogP contribution is -2.30. The molecule has 1 atom stereocenters. The van der Waals surface area contributed by atoms with Crippen LogP contribution >= 0.6 is 0 Å². The van der Waals surface area contributed by atoms with Crippen molar-refractivity contribution in [3.8, 4) is 0 Å². The van der Waals surface area contributed by atoms with Crippen molar-refractivity contribution >= 4 is 0 Å². The van der Waals surface area contributed by atoms with Crippen LogP contribution in [0.15, 0.2) is 11.9 Å². The summed E-state index contributed by atoms with van der Waals surface area (Å²) in [6.07, 6.45) is 4.41. The second-order valence-corrected chi connectivity index (χ2v) is 3.84. The van der Waals surface area contributed by atoms with Crippen molar-refractivity contribution in [2.45, 2.75) is 32.7 Å². The van der Waals surface area contributed by atoms with E-state index < -0.39 is 0 Å². The maximum atomic E-state index is 5.55. The first-order valence-electron chi connectivity index (χ1n) is 5.13. The van der Waals surface area contributed by atoms with Crippen molar-refractivity contribution in [2.24, 2.45) is 5.73 Å². The first-order chi connectivity index (χ1) is 6.22. The van der Waals surface area contributed by atoms with Crippen LogP contribution in [-0.4, -0.2) is 30.6 Å². The van der Waals surface area contributed by atoms with Gasteiger partial charge in [-0.15, -0.1) is 0 Å². The molecule has 0 amide bonds. The number of hydrogen-bond donors (Lipinski definition) is 2. The number of hydrogen-bond acceptors (Lipinski definition) is 3. The van der Waals surface area contributed by atoms with Crippen LogP contribution in [0.2, 0.25) is 0 Å². The maximum absolute atomic E-state index is 5.55. The molecule has 13 heavy (non-hydrogen) atoms. The van der Waals surface area contributed by atoms with Gasteiger partial charge in [0.1, 0.15) is 0 Å². The van der Waals surface area contributed by atoms with Gasteiger partial charge < -0.3 is 16.0 Å². The smallest absolute Gasteiger partial charge is 0.0395 e. The fourth-order valence-corrected chi connectivity index (χ4v) is 1.74. The Morgan fingerprint density at radius 3 is 3.08 bits per heavy atom. The van der Waals surface area contributed by atoms with Crippen molar-refractivity contribution < 1.29 is 0 Å². The van der Waals surface area contributed by atoms with Crippen molar-refractivity contribution in [3.05, 3.63) is 11.9 Å². The molecule has 1 saturated heterocycles. The molecule has 0 aromatic heterocycles. The van der Waals surface area contributed by atoms with Crippen molar-refractivity contribution in [2.75, 3.05) is 19.6 Å². The zero-order valence-corrected chi connectivity index (χ0v) is 8.71. The summed E-state index contributed by atoms with van der Waals surface area (Å²) in [6.45, 7) is 7.75. The molecular weight excluding hydrogens is 162 g/mol. The Morgan fingerprint density at radius 1 is 1.69 bits per heavy atom. The minimum absolute atomic E-state index is 0.602. The van der Waals surface area contributed by atoms with E-state index in [4.69, 9.17) is 5.73 Å². The van der Waals surface area contributed by atoms with E-state index >= 15 is 0 Å². The van der Waals surface area contributed by atoms with Gasteiger partial charge in [-0.2, -0.15) is 0 Å². The number of nitrogens with zero attached hydrogens (tertiary/aromatic N) is 1. The van der Waals surface area contributed by atoms with E-state index in [0.29, 0.717) is 6.04 Å². The highest BCUT2D eigenvalue weighted by Gasteiger charge is 2.19. The zero-order valence-electron chi connectivity index (χ0n) is 8.71. The highest BCUT2D eigenvalue weighted by atomic mass is 15.2. The third-order valence-corrected chi connectivity index (χ3v) is 2.36. The average Bonchev–Trinajstić information content (AvgIpc) is 2.50. The number of allylic oxidation sites excluding steroid dienone is 1. The molecule has 0 aromatic carbocycles. The summed E-state index contributed by atoms with van der Waals surface area (Å²) < 4.78 is 0. The molecule has 0 saturated carbocycles. The second-order valence-electron chi connectivity index (χ2n) is 3.84. The summed E-state index contributed by atoms with van der Waals surface area (Å²) in [5.41, 5.74) is 6.40. The molecule has 1 aliphatic heterocycles. The molecule has 0 radical (unpaired) electrons. The van der Waals surface area contributed by atoms with Crippen LogP contribution in [0.1, 0.15) is 26.7 Å². The summed E-state index contributed by atoms with van der Waals surface area (Å²) in [5.74, 6) is 0. The predicted octanol–water partition coefficient (Wildman–Crippen LogP) is 0.880. The van der Waals surface area contributed by atoms with Crippen LogP contribution in [0.4, 0.5) is 0 Å². The molecule has 1 fully saturated rings. The number of likely N-dealkylation sites (tertiary alicyclic amines) is 1. The van der Waals surface area contributed by atoms with E-state index in [1.807, 2.05) is 13.1 Å². The van der Waals surface area contributed by atoms with Crippen LogP contribution in [-0.2, 0) is 0 Å². The highest BCUT2D eigenvalue weighted by molar-refractivity contribution is 4.93. The van der Waals surface area contributed by atoms with E-state index in [1.165, 1.54) is 25.9 Å². The van der Waals surface area contributed by atoms with Crippen molar-refractivity contribution in [3.63, 3.8) is 0 Å². The van der Waals surface area contributed by atoms with Gasteiger partial charge in [-0.3, -0.25) is 0 Å². The lowest BCUT2D eigenvalue weighted by atomic mass is 10.3. The monoisotopic (exact) mass is 183 g/mol. The molecule has 3 heteroatoms. The van der Waals surface area contributed by atoms with Gasteiger partial charge in [0, 0.05) is 31.0 Å². The Balaban J connectivity index is 2.21. The fourth-order valence-electron chi connectivity index (χ4n) is 1.74. The molecule has 1 rings (SSSR count). The van der Waals surface area contributed by atoms with E-state index in [-0.39, 0.29) is 0 Å². The zero-order chi connectivity index (χ0) is 9.68. The van der Waals surface area contributed by atoms with Gasteiger partial charge in [0.25, 0.3) is 0 Å². The summed E-state index contributed by atoms with van der Waals surface area (Å²) in [6, 6.07) is 0.602. The second kappa shape index (κ2) is 5.12. The Morgan fingerprint density at radius 2 is 2.46 bits per heavy atom. The molecular formula is C10H21N3. The van der Waals surface area contributed by atoms with E-state index in [0.717, 1.165) is 12.2 Å². The first-order valence-corrected chi connectivity index (χ1v) is 5.13. The maximum Gasteiger partial charge on any atom is 0.0395 e. The largest absolute Gasteiger partial charge is 0.401 e. The van der Waals surface area contributed by atoms with E-state index in [9.17, 15) is 0 Å². The molecule has 0 aromatic rings. The molecule has 0 unspecified atom stereocenters. The van der Waals surface area contributed by atoms with Crippen LogP contribution in [0, 0.1) is 0 Å². The number of rotatable bonds is 4. The Labute approximate surface area is 81.0 Å². The van der Waals surface area contributed by atoms with Crippen LogP contribution < -0.4 is 11.1 Å². The standard InChI is InChI=1S/C10H21N3/c1-3-5-13-6-4-10(8-13)12-7-9(2)11/h7,10,12H,3-6,8,11H2,1-2H3/b9-7-/t10-/m1/s1. The number of nitrogens with one attached hydrogen (secondary N) is 1. The predicted molar refractivity (Wildman–Crippen MR) is 56.2 cm³/mol. The molecule has 3 N–H and O–H groups in total. The summed E-state index contributed by atoms with van der Waals surface area (Å²) in [7, 11) is 0. The minimum Gasteiger partial charge on any atom is -0.401 e. The van der Waals surface area contributed by atoms with Gasteiger partial charge in [0.05, 0.1) is 0 Å². The normalized spacial score (nSPS) is 25.1. The van der Waals surface area contributed by atoms with Gasteiger partial charge in [-0.05, 0) is 26.3 Å². The van der Waals surface area contributed by atoms with Gasteiger partial charge in [-0.25, -0.2) is 0 Å². The van der Waals surface area contributed by atoms with Gasteiger partial charge in [0.2, 0.25) is 0 Å². The lowest BCUT2D eigenvalue weighted by Gasteiger charge is -2.14. The van der Waals surface area contributed by atoms with Crippen molar-refractivity contribution in [1.82, 2.24) is 10.2 Å². The van der Waals surface area contributed by atoms with Crippen LogP contribution in [0.3, 0.4) is 0 Å². The van der Waals surface area contributed by atoms with Crippen molar-refractivity contribution in [1.29, 1.82) is 0 Å². The topological polar surface area (TPSA) is 41.3 Å². The third-order valence-electron chi connectivity index (χ3n) is 2.36. The molecule has 3 nitrogen and oxygen atoms in total. The Kier molecular flexibility index (Phi) is 4.09. The SMILES string of the molecule is CCCN1CC[C@@H](N/C=C(/C)N)C1. The first kappa shape index (κ1) is 10.4. The summed E-state index contributed by atoms with van der Waals surface area (Å²) >= 11 is 0. The van der Waals surface area contributed by atoms with Gasteiger partial charge >= 0.3 is 0 Å². The Hall–Kier alpha value is -0.700. The molecule has 1 heterocycles. The lowest BCUT2D eigenvalue weighted by molar-refractivity contribution is 0.331.